The smallest absolute Gasteiger partial charge is 0.326 e. The molecule has 3 rings (SSSR count). The average Bonchev–Trinajstić information content (AvgIpc) is 3.11. The van der Waals surface area contributed by atoms with Crippen LogP contribution in [0.1, 0.15) is 26.7 Å². The van der Waals surface area contributed by atoms with Crippen LogP contribution in [0.5, 0.6) is 5.75 Å². The highest BCUT2D eigenvalue weighted by molar-refractivity contribution is 5.92. The SMILES string of the molecule is CC(C)N1CCC[C@H]1C(=O)OCOc1ccc([N+](=O)[O-])c2cccnc12. The molecule has 0 amide bonds. The number of nitro benzene ring substituents is 1. The molecule has 1 atom stereocenters. The monoisotopic (exact) mass is 359 g/mol. The number of benzene rings is 1. The van der Waals surface area contributed by atoms with Gasteiger partial charge in [-0.3, -0.25) is 24.8 Å². The molecule has 2 heterocycles. The number of hydrogen-bond donors (Lipinski definition) is 0. The van der Waals surface area contributed by atoms with Crippen LogP contribution in [0.4, 0.5) is 5.69 Å². The molecular weight excluding hydrogens is 338 g/mol. The number of hydrogen-bond acceptors (Lipinski definition) is 7. The molecule has 8 nitrogen and oxygen atoms in total. The Morgan fingerprint density at radius 1 is 1.42 bits per heavy atom. The molecule has 1 fully saturated rings. The highest BCUT2D eigenvalue weighted by Gasteiger charge is 2.33. The van der Waals surface area contributed by atoms with E-state index in [9.17, 15) is 14.9 Å². The number of carbonyl (C=O) groups is 1. The number of aromatic nitrogens is 1. The topological polar surface area (TPSA) is 94.8 Å². The van der Waals surface area contributed by atoms with Crippen LogP contribution in [-0.4, -0.2) is 46.2 Å². The quantitative estimate of drug-likeness (QED) is 0.339. The number of esters is 1. The largest absolute Gasteiger partial charge is 0.455 e. The standard InChI is InChI=1S/C18H21N3O5/c1-12(2)20-10-4-6-15(20)18(22)26-11-25-16-8-7-14(21(23)24)13-5-3-9-19-17(13)16/h3,5,7-9,12,15H,4,6,10-11H2,1-2H3/t15-/m0/s1. The van der Waals surface area contributed by atoms with Gasteiger partial charge in [-0.05, 0) is 51.4 Å². The van der Waals surface area contributed by atoms with Crippen LogP contribution in [0.25, 0.3) is 10.9 Å². The highest BCUT2D eigenvalue weighted by atomic mass is 16.7. The van der Waals surface area contributed by atoms with Crippen LogP contribution < -0.4 is 4.74 Å². The second kappa shape index (κ2) is 7.65. The number of fused-ring (bicyclic) bond motifs is 1. The van der Waals surface area contributed by atoms with E-state index >= 15 is 0 Å². The van der Waals surface area contributed by atoms with Crippen molar-refractivity contribution in [3.05, 3.63) is 40.6 Å². The van der Waals surface area contributed by atoms with Crippen LogP contribution in [0.15, 0.2) is 30.5 Å². The molecule has 1 aromatic carbocycles. The van der Waals surface area contributed by atoms with Gasteiger partial charge in [-0.2, -0.15) is 0 Å². The molecule has 26 heavy (non-hydrogen) atoms. The molecule has 2 aromatic rings. The van der Waals surface area contributed by atoms with E-state index in [0.29, 0.717) is 16.7 Å². The zero-order valence-electron chi connectivity index (χ0n) is 14.8. The summed E-state index contributed by atoms with van der Waals surface area (Å²) >= 11 is 0. The summed E-state index contributed by atoms with van der Waals surface area (Å²) in [5.74, 6) is 0.0292. The number of rotatable bonds is 6. The Hall–Kier alpha value is -2.74. The predicted molar refractivity (Wildman–Crippen MR) is 94.8 cm³/mol. The van der Waals surface area contributed by atoms with E-state index in [1.54, 1.807) is 12.1 Å². The number of nitrogens with zero attached hydrogens (tertiary/aromatic N) is 3. The van der Waals surface area contributed by atoms with Gasteiger partial charge in [0.15, 0.2) is 0 Å². The van der Waals surface area contributed by atoms with Gasteiger partial charge in [0.05, 0.1) is 10.3 Å². The van der Waals surface area contributed by atoms with Gasteiger partial charge in [0, 0.05) is 18.3 Å². The van der Waals surface area contributed by atoms with Gasteiger partial charge in [-0.15, -0.1) is 0 Å². The van der Waals surface area contributed by atoms with Crippen LogP contribution in [0, 0.1) is 10.1 Å². The third kappa shape index (κ3) is 3.60. The van der Waals surface area contributed by atoms with Gasteiger partial charge < -0.3 is 9.47 Å². The van der Waals surface area contributed by atoms with Crippen molar-refractivity contribution < 1.29 is 19.2 Å². The first-order chi connectivity index (χ1) is 12.5. The Balaban J connectivity index is 1.68. The molecular formula is C18H21N3O5. The lowest BCUT2D eigenvalue weighted by Gasteiger charge is -2.26. The van der Waals surface area contributed by atoms with Gasteiger partial charge >= 0.3 is 5.97 Å². The molecule has 0 saturated carbocycles. The lowest BCUT2D eigenvalue weighted by Crippen LogP contribution is -2.41. The number of ether oxygens (including phenoxy) is 2. The zero-order valence-corrected chi connectivity index (χ0v) is 14.8. The molecule has 0 unspecified atom stereocenters. The lowest BCUT2D eigenvalue weighted by atomic mass is 10.1. The number of nitro groups is 1. The fourth-order valence-corrected chi connectivity index (χ4v) is 3.31. The number of likely N-dealkylation sites (tertiary alicyclic amines) is 1. The number of non-ortho nitro benzene ring substituents is 1. The van der Waals surface area contributed by atoms with E-state index in [4.69, 9.17) is 9.47 Å². The van der Waals surface area contributed by atoms with E-state index in [1.165, 1.54) is 18.3 Å². The van der Waals surface area contributed by atoms with Gasteiger partial charge in [0.1, 0.15) is 17.3 Å². The third-order valence-electron chi connectivity index (χ3n) is 4.55. The molecule has 0 N–H and O–H groups in total. The Labute approximate surface area is 150 Å². The van der Waals surface area contributed by atoms with Gasteiger partial charge in [0.2, 0.25) is 6.79 Å². The van der Waals surface area contributed by atoms with Crippen LogP contribution in [0.3, 0.4) is 0 Å². The molecule has 1 aliphatic rings. The Kier molecular flexibility index (Phi) is 5.32. The van der Waals surface area contributed by atoms with Crippen molar-refractivity contribution in [1.29, 1.82) is 0 Å². The normalized spacial score (nSPS) is 17.6. The van der Waals surface area contributed by atoms with Crippen LogP contribution >= 0.6 is 0 Å². The molecule has 1 aliphatic heterocycles. The maximum absolute atomic E-state index is 12.3. The maximum Gasteiger partial charge on any atom is 0.326 e. The van der Waals surface area contributed by atoms with Gasteiger partial charge in [-0.1, -0.05) is 0 Å². The molecule has 8 heteroatoms. The summed E-state index contributed by atoms with van der Waals surface area (Å²) in [6.07, 6.45) is 3.28. The fourth-order valence-electron chi connectivity index (χ4n) is 3.31. The van der Waals surface area contributed by atoms with Gasteiger partial charge in [-0.25, -0.2) is 0 Å². The van der Waals surface area contributed by atoms with Crippen LogP contribution in [-0.2, 0) is 9.53 Å². The predicted octanol–water partition coefficient (Wildman–Crippen LogP) is 2.90. The first-order valence-electron chi connectivity index (χ1n) is 8.56. The summed E-state index contributed by atoms with van der Waals surface area (Å²) < 4.78 is 10.8. The molecule has 0 bridgehead atoms. The van der Waals surface area contributed by atoms with Crippen molar-refractivity contribution in [2.24, 2.45) is 0 Å². The minimum Gasteiger partial charge on any atom is -0.455 e. The first-order valence-corrected chi connectivity index (χ1v) is 8.56. The molecule has 0 aliphatic carbocycles. The van der Waals surface area contributed by atoms with Gasteiger partial charge in [0.25, 0.3) is 5.69 Å². The van der Waals surface area contributed by atoms with E-state index in [1.807, 2.05) is 0 Å². The molecule has 0 spiro atoms. The van der Waals surface area contributed by atoms with E-state index in [0.717, 1.165) is 19.4 Å². The Bertz CT molecular complexity index is 824. The van der Waals surface area contributed by atoms with E-state index < -0.39 is 4.92 Å². The zero-order chi connectivity index (χ0) is 18.7. The maximum atomic E-state index is 12.3. The minimum atomic E-state index is -0.464. The minimum absolute atomic E-state index is 0.0454. The molecule has 1 aromatic heterocycles. The summed E-state index contributed by atoms with van der Waals surface area (Å²) in [4.78, 5) is 29.2. The summed E-state index contributed by atoms with van der Waals surface area (Å²) in [5, 5.41) is 11.5. The number of pyridine rings is 1. The first kappa shape index (κ1) is 18.1. The van der Waals surface area contributed by atoms with Crippen LogP contribution in [0.2, 0.25) is 0 Å². The average molecular weight is 359 g/mol. The highest BCUT2D eigenvalue weighted by Crippen LogP contribution is 2.31. The Morgan fingerprint density at radius 3 is 2.96 bits per heavy atom. The van der Waals surface area contributed by atoms with Crippen molar-refractivity contribution in [2.45, 2.75) is 38.8 Å². The van der Waals surface area contributed by atoms with E-state index in [2.05, 4.69) is 23.7 Å². The Morgan fingerprint density at radius 2 is 2.23 bits per heavy atom. The van der Waals surface area contributed by atoms with Crippen molar-refractivity contribution in [1.82, 2.24) is 9.88 Å². The third-order valence-corrected chi connectivity index (χ3v) is 4.55. The molecule has 138 valence electrons. The van der Waals surface area contributed by atoms with Crippen molar-refractivity contribution >= 4 is 22.6 Å². The van der Waals surface area contributed by atoms with Crippen molar-refractivity contribution in [2.75, 3.05) is 13.3 Å². The fraction of sp³-hybridized carbons (Fsp3) is 0.444. The second-order valence-electron chi connectivity index (χ2n) is 6.45. The summed E-state index contributed by atoms with van der Waals surface area (Å²) in [6.45, 7) is 4.73. The number of carbonyl (C=O) groups excluding carboxylic acids is 1. The lowest BCUT2D eigenvalue weighted by molar-refractivity contribution is -0.383. The molecule has 1 saturated heterocycles. The van der Waals surface area contributed by atoms with Crippen molar-refractivity contribution in [3.8, 4) is 5.75 Å². The summed E-state index contributed by atoms with van der Waals surface area (Å²) in [6, 6.07) is 6.10. The van der Waals surface area contributed by atoms with E-state index in [-0.39, 0.29) is 30.5 Å². The summed E-state index contributed by atoms with van der Waals surface area (Å²) in [7, 11) is 0. The second-order valence-corrected chi connectivity index (χ2v) is 6.45. The van der Waals surface area contributed by atoms with Crippen molar-refractivity contribution in [3.63, 3.8) is 0 Å². The molecule has 0 radical (unpaired) electrons. The summed E-state index contributed by atoms with van der Waals surface area (Å²) in [5.41, 5.74) is 0.318.